The average molecular weight is 394 g/mol. The van der Waals surface area contributed by atoms with Gasteiger partial charge in [-0.1, -0.05) is 6.42 Å². The first-order valence-corrected chi connectivity index (χ1v) is 10.9. The van der Waals surface area contributed by atoms with Crippen molar-refractivity contribution in [3.63, 3.8) is 0 Å². The number of hydrogen-bond acceptors (Lipinski definition) is 5. The van der Waals surface area contributed by atoms with Crippen molar-refractivity contribution in [2.45, 2.75) is 44.6 Å². The molecule has 1 aliphatic heterocycles. The Hall–Kier alpha value is -1.77. The number of amides is 1. The van der Waals surface area contributed by atoms with Crippen molar-refractivity contribution >= 4 is 27.3 Å². The molecule has 0 radical (unpaired) electrons. The lowest BCUT2D eigenvalue weighted by atomic mass is 10.2. The van der Waals surface area contributed by atoms with Crippen molar-refractivity contribution in [3.8, 4) is 0 Å². The van der Waals surface area contributed by atoms with Crippen LogP contribution in [0.2, 0.25) is 0 Å². The number of carbonyl (C=O) groups is 1. The number of aryl methyl sites for hydroxylation is 2. The summed E-state index contributed by atoms with van der Waals surface area (Å²) in [6.45, 7) is 5.41. The van der Waals surface area contributed by atoms with E-state index >= 15 is 0 Å². The minimum absolute atomic E-state index is 0.225. The van der Waals surface area contributed by atoms with Crippen LogP contribution in [0.1, 0.15) is 45.2 Å². The second-order valence-corrected chi connectivity index (χ2v) is 9.64. The van der Waals surface area contributed by atoms with Gasteiger partial charge in [0.25, 0.3) is 5.91 Å². The Balaban J connectivity index is 1.66. The van der Waals surface area contributed by atoms with Crippen LogP contribution in [0.15, 0.2) is 29.2 Å². The van der Waals surface area contributed by atoms with Crippen molar-refractivity contribution in [3.05, 3.63) is 45.4 Å². The molecule has 0 unspecified atom stereocenters. The molecule has 8 heteroatoms. The number of nitrogens with zero attached hydrogens (tertiary/aromatic N) is 2. The highest BCUT2D eigenvalue weighted by Gasteiger charge is 2.25. The second-order valence-electron chi connectivity index (χ2n) is 6.41. The monoisotopic (exact) mass is 393 g/mol. The highest BCUT2D eigenvalue weighted by Crippen LogP contribution is 2.21. The molecule has 140 valence electrons. The summed E-state index contributed by atoms with van der Waals surface area (Å²) in [6, 6.07) is 6.16. The van der Waals surface area contributed by atoms with Crippen molar-refractivity contribution in [1.82, 2.24) is 14.6 Å². The van der Waals surface area contributed by atoms with Crippen LogP contribution in [-0.4, -0.2) is 36.7 Å². The molecule has 1 aromatic carbocycles. The van der Waals surface area contributed by atoms with E-state index in [0.717, 1.165) is 34.8 Å². The van der Waals surface area contributed by atoms with E-state index in [0.29, 0.717) is 25.2 Å². The maximum atomic E-state index is 12.6. The maximum Gasteiger partial charge on any atom is 0.251 e. The van der Waals surface area contributed by atoms with Crippen molar-refractivity contribution in [2.24, 2.45) is 0 Å². The normalized spacial score (nSPS) is 15.8. The number of nitrogens with one attached hydrogen (secondary N) is 1. The van der Waals surface area contributed by atoms with Crippen molar-refractivity contribution < 1.29 is 13.2 Å². The van der Waals surface area contributed by atoms with Gasteiger partial charge in [0.15, 0.2) is 0 Å². The van der Waals surface area contributed by atoms with Gasteiger partial charge in [0.05, 0.1) is 22.1 Å². The molecule has 0 atom stereocenters. The SMILES string of the molecule is Cc1nc(C)c(CNC(=O)c2ccc(S(=O)(=O)N3CCCCC3)cc2)s1. The average Bonchev–Trinajstić information content (AvgIpc) is 2.97. The first-order chi connectivity index (χ1) is 12.4. The Morgan fingerprint density at radius 3 is 2.38 bits per heavy atom. The predicted molar refractivity (Wildman–Crippen MR) is 102 cm³/mol. The Labute approximate surface area is 158 Å². The van der Waals surface area contributed by atoms with Gasteiger partial charge >= 0.3 is 0 Å². The minimum atomic E-state index is -3.47. The van der Waals surface area contributed by atoms with E-state index in [2.05, 4.69) is 10.3 Å². The van der Waals surface area contributed by atoms with E-state index in [1.807, 2.05) is 13.8 Å². The summed E-state index contributed by atoms with van der Waals surface area (Å²) in [5, 5.41) is 3.83. The van der Waals surface area contributed by atoms with Crippen LogP contribution < -0.4 is 5.32 Å². The molecule has 0 spiro atoms. The molecule has 6 nitrogen and oxygen atoms in total. The predicted octanol–water partition coefficient (Wildman–Crippen LogP) is 2.86. The Bertz CT molecular complexity index is 883. The zero-order valence-electron chi connectivity index (χ0n) is 15.0. The fraction of sp³-hybridized carbons (Fsp3) is 0.444. The molecule has 1 N–H and O–H groups in total. The van der Waals surface area contributed by atoms with E-state index in [1.165, 1.54) is 16.4 Å². The molecule has 1 aliphatic rings. The van der Waals surface area contributed by atoms with Crippen LogP contribution >= 0.6 is 11.3 Å². The minimum Gasteiger partial charge on any atom is -0.347 e. The van der Waals surface area contributed by atoms with E-state index in [9.17, 15) is 13.2 Å². The van der Waals surface area contributed by atoms with Crippen molar-refractivity contribution in [1.29, 1.82) is 0 Å². The van der Waals surface area contributed by atoms with Gasteiger partial charge in [0, 0.05) is 23.5 Å². The molecule has 1 fully saturated rings. The van der Waals surface area contributed by atoms with E-state index < -0.39 is 10.0 Å². The number of sulfonamides is 1. The molecule has 0 aliphatic carbocycles. The van der Waals surface area contributed by atoms with Crippen LogP contribution in [0.5, 0.6) is 0 Å². The Kier molecular flexibility index (Phi) is 5.74. The van der Waals surface area contributed by atoms with Crippen LogP contribution in [0.4, 0.5) is 0 Å². The van der Waals surface area contributed by atoms with Crippen LogP contribution in [0.3, 0.4) is 0 Å². The summed E-state index contributed by atoms with van der Waals surface area (Å²) in [4.78, 5) is 17.9. The number of rotatable bonds is 5. The summed E-state index contributed by atoms with van der Waals surface area (Å²) in [5.41, 5.74) is 1.37. The van der Waals surface area contributed by atoms with Crippen LogP contribution in [0, 0.1) is 13.8 Å². The lowest BCUT2D eigenvalue weighted by Crippen LogP contribution is -2.35. The van der Waals surface area contributed by atoms with E-state index in [-0.39, 0.29) is 10.8 Å². The molecule has 0 saturated carbocycles. The van der Waals surface area contributed by atoms with Gasteiger partial charge in [-0.3, -0.25) is 4.79 Å². The number of thiazole rings is 1. The molecular weight excluding hydrogens is 370 g/mol. The number of carbonyl (C=O) groups excluding carboxylic acids is 1. The first-order valence-electron chi connectivity index (χ1n) is 8.69. The summed E-state index contributed by atoms with van der Waals surface area (Å²) in [6.07, 6.45) is 2.87. The lowest BCUT2D eigenvalue weighted by molar-refractivity contribution is 0.0951. The van der Waals surface area contributed by atoms with E-state index in [4.69, 9.17) is 0 Å². The molecule has 0 bridgehead atoms. The molecule has 26 heavy (non-hydrogen) atoms. The fourth-order valence-corrected chi connectivity index (χ4v) is 5.43. The number of aromatic nitrogens is 1. The van der Waals surface area contributed by atoms with E-state index in [1.54, 1.807) is 23.5 Å². The Morgan fingerprint density at radius 2 is 1.81 bits per heavy atom. The fourth-order valence-electron chi connectivity index (χ4n) is 3.03. The zero-order chi connectivity index (χ0) is 18.7. The second kappa shape index (κ2) is 7.85. The molecule has 1 aromatic heterocycles. The van der Waals surface area contributed by atoms with Gasteiger partial charge in [0.2, 0.25) is 10.0 Å². The van der Waals surface area contributed by atoms with Gasteiger partial charge in [-0.05, 0) is 51.0 Å². The van der Waals surface area contributed by atoms with Gasteiger partial charge in [-0.25, -0.2) is 13.4 Å². The standard InChI is InChI=1S/C18H23N3O3S2/c1-13-17(25-14(2)20-13)12-19-18(22)15-6-8-16(9-7-15)26(23,24)21-10-4-3-5-11-21/h6-9H,3-5,10-12H2,1-2H3,(H,19,22). The molecule has 2 aromatic rings. The molecule has 1 saturated heterocycles. The largest absolute Gasteiger partial charge is 0.347 e. The molecule has 3 rings (SSSR count). The number of benzene rings is 1. The maximum absolute atomic E-state index is 12.6. The van der Waals surface area contributed by atoms with Crippen LogP contribution in [0.25, 0.3) is 0 Å². The summed E-state index contributed by atoms with van der Waals surface area (Å²) >= 11 is 1.56. The first kappa shape index (κ1) is 19.0. The quantitative estimate of drug-likeness (QED) is 0.847. The molecule has 2 heterocycles. The zero-order valence-corrected chi connectivity index (χ0v) is 16.6. The van der Waals surface area contributed by atoms with Gasteiger partial charge in [-0.15, -0.1) is 11.3 Å². The van der Waals surface area contributed by atoms with Gasteiger partial charge < -0.3 is 5.32 Å². The highest BCUT2D eigenvalue weighted by atomic mass is 32.2. The summed E-state index contributed by atoms with van der Waals surface area (Å²) < 4.78 is 26.8. The van der Waals surface area contributed by atoms with Gasteiger partial charge in [-0.2, -0.15) is 4.31 Å². The van der Waals surface area contributed by atoms with Crippen molar-refractivity contribution in [2.75, 3.05) is 13.1 Å². The summed E-state index contributed by atoms with van der Waals surface area (Å²) in [5.74, 6) is -0.225. The smallest absolute Gasteiger partial charge is 0.251 e. The third-order valence-electron chi connectivity index (χ3n) is 4.48. The number of hydrogen-bond donors (Lipinski definition) is 1. The number of piperidine rings is 1. The highest BCUT2D eigenvalue weighted by molar-refractivity contribution is 7.89. The Morgan fingerprint density at radius 1 is 1.15 bits per heavy atom. The topological polar surface area (TPSA) is 79.4 Å². The third-order valence-corrected chi connectivity index (χ3v) is 7.46. The van der Waals surface area contributed by atoms with Gasteiger partial charge in [0.1, 0.15) is 0 Å². The molecular formula is C18H23N3O3S2. The lowest BCUT2D eigenvalue weighted by Gasteiger charge is -2.25. The van der Waals surface area contributed by atoms with Crippen LogP contribution in [-0.2, 0) is 16.6 Å². The summed E-state index contributed by atoms with van der Waals surface area (Å²) in [7, 11) is -3.47. The third kappa shape index (κ3) is 4.13. The molecule has 1 amide bonds.